The van der Waals surface area contributed by atoms with Crippen LogP contribution in [0.3, 0.4) is 0 Å². The highest BCUT2D eigenvalue weighted by Crippen LogP contribution is 2.33. The Balaban J connectivity index is 1.71. The summed E-state index contributed by atoms with van der Waals surface area (Å²) in [5, 5.41) is 0.0342. The molecule has 1 amide bonds. The van der Waals surface area contributed by atoms with Crippen molar-refractivity contribution in [3.05, 3.63) is 35.9 Å². The number of ketones is 1. The second kappa shape index (κ2) is 6.65. The fourth-order valence-electron chi connectivity index (χ4n) is 2.34. The molecular formula is C17H23NO2S. The number of benzene rings is 1. The normalized spacial score (nSPS) is 18.5. The zero-order valence-corrected chi connectivity index (χ0v) is 13.8. The Labute approximate surface area is 131 Å². The molecule has 0 bridgehead atoms. The molecule has 1 atom stereocenters. The first-order valence-electron chi connectivity index (χ1n) is 7.37. The highest BCUT2D eigenvalue weighted by Gasteiger charge is 2.39. The Morgan fingerprint density at radius 2 is 1.95 bits per heavy atom. The van der Waals surface area contributed by atoms with Gasteiger partial charge < -0.3 is 4.90 Å². The van der Waals surface area contributed by atoms with Crippen molar-refractivity contribution in [3.8, 4) is 0 Å². The molecule has 1 aromatic rings. The molecule has 1 aliphatic rings. The molecule has 4 heteroatoms. The van der Waals surface area contributed by atoms with Crippen molar-refractivity contribution in [2.45, 2.75) is 43.6 Å². The van der Waals surface area contributed by atoms with E-state index in [1.807, 2.05) is 30.3 Å². The van der Waals surface area contributed by atoms with Crippen LogP contribution in [0.25, 0.3) is 0 Å². The molecule has 0 aromatic heterocycles. The van der Waals surface area contributed by atoms with Crippen LogP contribution < -0.4 is 0 Å². The van der Waals surface area contributed by atoms with E-state index >= 15 is 0 Å². The van der Waals surface area contributed by atoms with E-state index in [4.69, 9.17) is 0 Å². The molecule has 0 radical (unpaired) electrons. The van der Waals surface area contributed by atoms with E-state index < -0.39 is 0 Å². The summed E-state index contributed by atoms with van der Waals surface area (Å²) in [6.45, 7) is 7.31. The Hall–Kier alpha value is -1.29. The Morgan fingerprint density at radius 1 is 1.29 bits per heavy atom. The maximum absolute atomic E-state index is 12.0. The lowest BCUT2D eigenvalue weighted by atomic mass is 10.1. The van der Waals surface area contributed by atoms with Gasteiger partial charge in [0, 0.05) is 17.7 Å². The number of aryl methyl sites for hydroxylation is 1. The molecule has 1 unspecified atom stereocenters. The molecular weight excluding hydrogens is 282 g/mol. The van der Waals surface area contributed by atoms with Gasteiger partial charge in [0.15, 0.2) is 5.78 Å². The topological polar surface area (TPSA) is 37.4 Å². The highest BCUT2D eigenvalue weighted by atomic mass is 32.2. The van der Waals surface area contributed by atoms with E-state index in [1.54, 1.807) is 16.7 Å². The predicted molar refractivity (Wildman–Crippen MR) is 87.5 cm³/mol. The van der Waals surface area contributed by atoms with Crippen LogP contribution in [0.15, 0.2) is 30.3 Å². The largest absolute Gasteiger partial charge is 0.333 e. The minimum atomic E-state index is 0.0342. The van der Waals surface area contributed by atoms with E-state index in [0.29, 0.717) is 13.0 Å². The molecule has 0 spiro atoms. The monoisotopic (exact) mass is 305 g/mol. The maximum atomic E-state index is 12.0. The number of carbonyl (C=O) groups is 2. The Morgan fingerprint density at radius 3 is 2.52 bits per heavy atom. The summed E-state index contributed by atoms with van der Waals surface area (Å²) in [6, 6.07) is 9.98. The molecule has 2 rings (SSSR count). The van der Waals surface area contributed by atoms with Gasteiger partial charge in [-0.1, -0.05) is 51.1 Å². The molecule has 1 aliphatic heterocycles. The van der Waals surface area contributed by atoms with Crippen molar-refractivity contribution in [3.63, 3.8) is 0 Å². The lowest BCUT2D eigenvalue weighted by molar-refractivity contribution is -0.142. The van der Waals surface area contributed by atoms with Crippen molar-refractivity contribution < 1.29 is 9.59 Å². The molecule has 0 N–H and O–H groups in total. The van der Waals surface area contributed by atoms with Crippen LogP contribution in [0, 0.1) is 0 Å². The smallest absolute Gasteiger partial charge is 0.237 e. The van der Waals surface area contributed by atoms with E-state index in [2.05, 4.69) is 20.8 Å². The second-order valence-corrected chi connectivity index (χ2v) is 8.49. The summed E-state index contributed by atoms with van der Waals surface area (Å²) in [4.78, 5) is 25.6. The lowest BCUT2D eigenvalue weighted by Gasteiger charge is -2.40. The van der Waals surface area contributed by atoms with E-state index in [1.165, 1.54) is 5.56 Å². The van der Waals surface area contributed by atoms with Crippen LogP contribution in [-0.4, -0.2) is 39.7 Å². The third kappa shape index (κ3) is 4.88. The summed E-state index contributed by atoms with van der Waals surface area (Å²) in [6.07, 6.45) is 1.26. The Kier molecular flexibility index (Phi) is 5.09. The van der Waals surface area contributed by atoms with Gasteiger partial charge in [-0.2, -0.15) is 0 Å². The SMILES string of the molecule is CC(C)(C)SC1CN(CC(=O)CCc2ccccc2)C1=O. The number of Topliss-reactive ketones (excluding diaryl/α,β-unsaturated/α-hetero) is 1. The summed E-state index contributed by atoms with van der Waals surface area (Å²) in [7, 11) is 0. The summed E-state index contributed by atoms with van der Waals surface area (Å²) in [5.74, 6) is 0.259. The number of nitrogens with zero attached hydrogens (tertiary/aromatic N) is 1. The van der Waals surface area contributed by atoms with Gasteiger partial charge in [-0.05, 0) is 12.0 Å². The quantitative estimate of drug-likeness (QED) is 0.758. The van der Waals surface area contributed by atoms with Crippen LogP contribution in [-0.2, 0) is 16.0 Å². The Bertz CT molecular complexity index is 507. The number of hydrogen-bond acceptors (Lipinski definition) is 3. The standard InChI is InChI=1S/C17H23NO2S/c1-17(2,3)21-15-12-18(16(15)20)11-14(19)10-9-13-7-5-4-6-8-13/h4-8,15H,9-12H2,1-3H3. The minimum absolute atomic E-state index is 0.0342. The van der Waals surface area contributed by atoms with Gasteiger partial charge >= 0.3 is 0 Å². The van der Waals surface area contributed by atoms with Crippen LogP contribution in [0.5, 0.6) is 0 Å². The fraction of sp³-hybridized carbons (Fsp3) is 0.529. The van der Waals surface area contributed by atoms with Gasteiger partial charge in [-0.15, -0.1) is 11.8 Å². The number of carbonyl (C=O) groups excluding carboxylic acids is 2. The summed E-state index contributed by atoms with van der Waals surface area (Å²) >= 11 is 1.69. The molecule has 1 aromatic carbocycles. The molecule has 0 aliphatic carbocycles. The highest BCUT2D eigenvalue weighted by molar-refractivity contribution is 8.02. The second-order valence-electron chi connectivity index (χ2n) is 6.46. The number of amides is 1. The van der Waals surface area contributed by atoms with Crippen LogP contribution >= 0.6 is 11.8 Å². The molecule has 21 heavy (non-hydrogen) atoms. The molecule has 3 nitrogen and oxygen atoms in total. The molecule has 0 saturated carbocycles. The fourth-order valence-corrected chi connectivity index (χ4v) is 3.69. The van der Waals surface area contributed by atoms with Crippen LogP contribution in [0.2, 0.25) is 0 Å². The van der Waals surface area contributed by atoms with E-state index in [9.17, 15) is 9.59 Å². The van der Waals surface area contributed by atoms with Gasteiger partial charge in [0.25, 0.3) is 0 Å². The van der Waals surface area contributed by atoms with Gasteiger partial charge in [-0.25, -0.2) is 0 Å². The first-order chi connectivity index (χ1) is 9.85. The van der Waals surface area contributed by atoms with Gasteiger partial charge in [0.1, 0.15) is 5.25 Å². The van der Waals surface area contributed by atoms with E-state index in [0.717, 1.165) is 6.42 Å². The first-order valence-corrected chi connectivity index (χ1v) is 8.25. The zero-order chi connectivity index (χ0) is 15.5. The summed E-state index contributed by atoms with van der Waals surface area (Å²) < 4.78 is 0.0870. The number of likely N-dealkylation sites (tertiary alicyclic amines) is 1. The van der Waals surface area contributed by atoms with Gasteiger partial charge in [0.2, 0.25) is 5.91 Å². The van der Waals surface area contributed by atoms with Gasteiger partial charge in [-0.3, -0.25) is 9.59 Å². The van der Waals surface area contributed by atoms with Crippen molar-refractivity contribution in [1.29, 1.82) is 0 Å². The van der Waals surface area contributed by atoms with Crippen molar-refractivity contribution in [2.24, 2.45) is 0 Å². The third-order valence-corrected chi connectivity index (χ3v) is 4.71. The van der Waals surface area contributed by atoms with Crippen LogP contribution in [0.1, 0.15) is 32.8 Å². The minimum Gasteiger partial charge on any atom is -0.333 e. The number of β-lactam (4-membered cyclic amide) rings is 1. The summed E-state index contributed by atoms with van der Waals surface area (Å²) in [5.41, 5.74) is 1.17. The lowest BCUT2D eigenvalue weighted by Crippen LogP contribution is -2.57. The van der Waals surface area contributed by atoms with Crippen molar-refractivity contribution in [1.82, 2.24) is 4.90 Å². The number of rotatable bonds is 6. The average Bonchev–Trinajstić information content (AvgIpc) is 2.43. The number of thioether (sulfide) groups is 1. The molecule has 1 saturated heterocycles. The van der Waals surface area contributed by atoms with Crippen molar-refractivity contribution >= 4 is 23.5 Å². The average molecular weight is 305 g/mol. The van der Waals surface area contributed by atoms with Crippen LogP contribution in [0.4, 0.5) is 0 Å². The molecule has 1 fully saturated rings. The van der Waals surface area contributed by atoms with E-state index in [-0.39, 0.29) is 28.2 Å². The molecule has 114 valence electrons. The number of hydrogen-bond donors (Lipinski definition) is 0. The predicted octanol–water partition coefficient (Wildman–Crippen LogP) is 2.93. The van der Waals surface area contributed by atoms with Crippen molar-refractivity contribution in [2.75, 3.05) is 13.1 Å². The molecule has 1 heterocycles. The first kappa shape index (κ1) is 16.1. The zero-order valence-electron chi connectivity index (χ0n) is 13.0. The maximum Gasteiger partial charge on any atom is 0.237 e. The van der Waals surface area contributed by atoms with Gasteiger partial charge in [0.05, 0.1) is 6.54 Å². The third-order valence-electron chi connectivity index (χ3n) is 3.37.